The first kappa shape index (κ1) is 21.7. The van der Waals surface area contributed by atoms with Gasteiger partial charge < -0.3 is 9.84 Å². The van der Waals surface area contributed by atoms with Gasteiger partial charge in [0.2, 0.25) is 0 Å². The third-order valence-corrected chi connectivity index (χ3v) is 5.50. The van der Waals surface area contributed by atoms with Crippen molar-refractivity contribution >= 4 is 11.8 Å². The number of esters is 1. The Hall–Kier alpha value is -1.96. The molecule has 1 N–H and O–H groups in total. The molecule has 2 saturated heterocycles. The molecule has 1 aromatic rings. The zero-order valence-corrected chi connectivity index (χ0v) is 17.8. The van der Waals surface area contributed by atoms with E-state index in [1.165, 1.54) is 6.07 Å². The summed E-state index contributed by atoms with van der Waals surface area (Å²) in [5.41, 5.74) is 0.122. The molecule has 1 aromatic carbocycles. The Morgan fingerprint density at radius 1 is 1.03 bits per heavy atom. The molecule has 0 spiro atoms. The van der Waals surface area contributed by atoms with E-state index >= 15 is 0 Å². The number of rotatable bonds is 5. The van der Waals surface area contributed by atoms with Crippen molar-refractivity contribution in [1.82, 2.24) is 14.9 Å². The number of ether oxygens (including phenoxy) is 1. The van der Waals surface area contributed by atoms with Gasteiger partial charge in [0.1, 0.15) is 11.4 Å². The molecule has 160 valence electrons. The molecule has 7 heteroatoms. The maximum atomic E-state index is 12.4. The fourth-order valence-corrected chi connectivity index (χ4v) is 3.92. The average Bonchev–Trinajstić information content (AvgIpc) is 2.67. The summed E-state index contributed by atoms with van der Waals surface area (Å²) in [5.74, 6) is 0.0714. The quantitative estimate of drug-likeness (QED) is 0.597. The van der Waals surface area contributed by atoms with Crippen LogP contribution in [0.1, 0.15) is 44.0 Å². The van der Waals surface area contributed by atoms with E-state index in [0.29, 0.717) is 12.1 Å². The number of carbonyl (C=O) groups is 2. The molecular weight excluding hydrogens is 370 g/mol. The molecule has 0 amide bonds. The first-order valence-corrected chi connectivity index (χ1v) is 10.5. The Balaban J connectivity index is 1.41. The van der Waals surface area contributed by atoms with Crippen LogP contribution in [-0.4, -0.2) is 83.2 Å². The molecule has 0 atom stereocenters. The van der Waals surface area contributed by atoms with Gasteiger partial charge in [-0.25, -0.2) is 10.0 Å². The van der Waals surface area contributed by atoms with Crippen molar-refractivity contribution in [2.75, 3.05) is 45.8 Å². The van der Waals surface area contributed by atoms with Gasteiger partial charge in [-0.15, -0.1) is 0 Å². The zero-order chi connectivity index (χ0) is 21.0. The summed E-state index contributed by atoms with van der Waals surface area (Å²) in [6.07, 6.45) is 1.65. The van der Waals surface area contributed by atoms with E-state index in [2.05, 4.69) is 14.9 Å². The highest BCUT2D eigenvalue weighted by Crippen LogP contribution is 2.23. The molecule has 29 heavy (non-hydrogen) atoms. The van der Waals surface area contributed by atoms with Crippen LogP contribution in [0.2, 0.25) is 0 Å². The Kier molecular flexibility index (Phi) is 6.93. The van der Waals surface area contributed by atoms with Crippen LogP contribution in [0.25, 0.3) is 0 Å². The topological polar surface area (TPSA) is 73.3 Å². The summed E-state index contributed by atoms with van der Waals surface area (Å²) in [6.45, 7) is 11.2. The Morgan fingerprint density at radius 2 is 1.66 bits per heavy atom. The number of nitrogens with zero attached hydrogens (tertiary/aromatic N) is 3. The van der Waals surface area contributed by atoms with Gasteiger partial charge in [0.15, 0.2) is 5.78 Å². The summed E-state index contributed by atoms with van der Waals surface area (Å²) in [4.78, 5) is 26.9. The first-order chi connectivity index (χ1) is 13.7. The molecule has 0 bridgehead atoms. The number of Topliss-reactive ketones (excluding diaryl/α,β-unsaturated/α-hetero) is 1. The maximum Gasteiger partial charge on any atom is 0.309 e. The SMILES string of the molecule is CC(C)(C)OC(=O)C1CCN(N2CCN(CC(=O)c3cccc(O)c3)CC2)CC1. The smallest absolute Gasteiger partial charge is 0.309 e. The molecule has 2 aliphatic rings. The van der Waals surface area contributed by atoms with Gasteiger partial charge in [0.05, 0.1) is 12.5 Å². The van der Waals surface area contributed by atoms with Crippen LogP contribution >= 0.6 is 0 Å². The van der Waals surface area contributed by atoms with Crippen LogP contribution in [0.15, 0.2) is 24.3 Å². The summed E-state index contributed by atoms with van der Waals surface area (Å²) < 4.78 is 5.53. The number of piperidine rings is 1. The van der Waals surface area contributed by atoms with Gasteiger partial charge in [-0.05, 0) is 45.7 Å². The van der Waals surface area contributed by atoms with Crippen molar-refractivity contribution in [3.05, 3.63) is 29.8 Å². The Morgan fingerprint density at radius 3 is 2.24 bits per heavy atom. The molecule has 0 unspecified atom stereocenters. The van der Waals surface area contributed by atoms with Crippen molar-refractivity contribution in [1.29, 1.82) is 0 Å². The Labute approximate surface area is 173 Å². The second-order valence-electron chi connectivity index (χ2n) is 8.96. The van der Waals surface area contributed by atoms with Gasteiger partial charge in [0, 0.05) is 44.8 Å². The lowest BCUT2D eigenvalue weighted by Gasteiger charge is -2.43. The van der Waals surface area contributed by atoms with Gasteiger partial charge in [0.25, 0.3) is 0 Å². The number of piperazine rings is 1. The van der Waals surface area contributed by atoms with E-state index in [0.717, 1.165) is 52.1 Å². The summed E-state index contributed by atoms with van der Waals surface area (Å²) in [7, 11) is 0. The fourth-order valence-electron chi connectivity index (χ4n) is 3.92. The van der Waals surface area contributed by atoms with Crippen LogP contribution < -0.4 is 0 Å². The molecular formula is C22H33N3O4. The molecule has 0 aromatic heterocycles. The van der Waals surface area contributed by atoms with Crippen LogP contribution in [0.4, 0.5) is 0 Å². The minimum Gasteiger partial charge on any atom is -0.508 e. The van der Waals surface area contributed by atoms with Crippen LogP contribution in [0, 0.1) is 5.92 Å². The molecule has 2 fully saturated rings. The van der Waals surface area contributed by atoms with Gasteiger partial charge in [-0.1, -0.05) is 12.1 Å². The molecule has 0 radical (unpaired) electrons. The highest BCUT2D eigenvalue weighted by Gasteiger charge is 2.32. The number of ketones is 1. The predicted molar refractivity (Wildman–Crippen MR) is 111 cm³/mol. The van der Waals surface area contributed by atoms with Gasteiger partial charge in [-0.2, -0.15) is 0 Å². The van der Waals surface area contributed by atoms with E-state index in [9.17, 15) is 14.7 Å². The zero-order valence-electron chi connectivity index (χ0n) is 17.8. The van der Waals surface area contributed by atoms with Crippen molar-refractivity contribution < 1.29 is 19.4 Å². The molecule has 7 nitrogen and oxygen atoms in total. The minimum atomic E-state index is -0.430. The number of hydrazine groups is 1. The molecule has 0 saturated carbocycles. The second-order valence-corrected chi connectivity index (χ2v) is 8.96. The number of phenols is 1. The average molecular weight is 404 g/mol. The van der Waals surface area contributed by atoms with Crippen molar-refractivity contribution in [3.8, 4) is 5.75 Å². The monoisotopic (exact) mass is 403 g/mol. The highest BCUT2D eigenvalue weighted by molar-refractivity contribution is 5.97. The van der Waals surface area contributed by atoms with Crippen molar-refractivity contribution in [2.45, 2.75) is 39.2 Å². The highest BCUT2D eigenvalue weighted by atomic mass is 16.6. The lowest BCUT2D eigenvalue weighted by molar-refractivity contribution is -0.164. The van der Waals surface area contributed by atoms with Crippen LogP contribution in [-0.2, 0) is 9.53 Å². The number of phenolic OH excluding ortho intramolecular Hbond substituents is 1. The van der Waals surface area contributed by atoms with Gasteiger partial charge in [-0.3, -0.25) is 14.5 Å². The number of benzene rings is 1. The van der Waals surface area contributed by atoms with E-state index in [-0.39, 0.29) is 23.4 Å². The standard InChI is InChI=1S/C22H33N3O4/c1-22(2,3)29-21(28)17-7-9-24(10-8-17)25-13-11-23(12-14-25)16-20(27)18-5-4-6-19(26)15-18/h4-6,15,17,26H,7-14,16H2,1-3H3. The van der Waals surface area contributed by atoms with Crippen LogP contribution in [0.3, 0.4) is 0 Å². The summed E-state index contributed by atoms with van der Waals surface area (Å²) >= 11 is 0. The van der Waals surface area contributed by atoms with E-state index < -0.39 is 5.60 Å². The van der Waals surface area contributed by atoms with E-state index in [4.69, 9.17) is 4.74 Å². The lowest BCUT2D eigenvalue weighted by Crippen LogP contribution is -2.56. The maximum absolute atomic E-state index is 12.4. The minimum absolute atomic E-state index is 0.00771. The molecule has 0 aliphatic carbocycles. The molecule has 2 heterocycles. The number of hydrogen-bond acceptors (Lipinski definition) is 7. The molecule has 3 rings (SSSR count). The van der Waals surface area contributed by atoms with E-state index in [1.807, 2.05) is 20.8 Å². The third kappa shape index (κ3) is 6.26. The number of hydrogen-bond donors (Lipinski definition) is 1. The third-order valence-electron chi connectivity index (χ3n) is 5.50. The largest absolute Gasteiger partial charge is 0.508 e. The van der Waals surface area contributed by atoms with Crippen LogP contribution in [0.5, 0.6) is 5.75 Å². The van der Waals surface area contributed by atoms with E-state index in [1.54, 1.807) is 18.2 Å². The Bertz CT molecular complexity index is 715. The number of aromatic hydroxyl groups is 1. The lowest BCUT2D eigenvalue weighted by atomic mass is 9.97. The number of carbonyl (C=O) groups excluding carboxylic acids is 2. The molecule has 2 aliphatic heterocycles. The summed E-state index contributed by atoms with van der Waals surface area (Å²) in [5, 5.41) is 14.2. The van der Waals surface area contributed by atoms with Gasteiger partial charge >= 0.3 is 5.97 Å². The normalized spacial score (nSPS) is 20.5. The first-order valence-electron chi connectivity index (χ1n) is 10.5. The predicted octanol–water partition coefficient (Wildman–Crippen LogP) is 2.16. The second kappa shape index (κ2) is 9.24. The van der Waals surface area contributed by atoms with Crippen molar-refractivity contribution in [2.24, 2.45) is 5.92 Å². The fraction of sp³-hybridized carbons (Fsp3) is 0.636. The summed E-state index contributed by atoms with van der Waals surface area (Å²) in [6, 6.07) is 6.53. The van der Waals surface area contributed by atoms with Crippen molar-refractivity contribution in [3.63, 3.8) is 0 Å².